The van der Waals surface area contributed by atoms with Crippen LogP contribution in [-0.4, -0.2) is 51.9 Å². The standard InChI is InChI=1S/C15H17FN2O4S/c16-10-3-5-11(6-4-10)17-13(19)8-23-9-14(20)18-7-1-2-12(18)15(21)22/h3-6,12H,1-2,7-9H2,(H,17,19)(H,21,22). The van der Waals surface area contributed by atoms with Gasteiger partial charge in [-0.3, -0.25) is 9.59 Å². The van der Waals surface area contributed by atoms with Gasteiger partial charge in [0, 0.05) is 12.2 Å². The molecule has 1 saturated heterocycles. The molecule has 2 N–H and O–H groups in total. The third kappa shape index (κ3) is 4.95. The fraction of sp³-hybridized carbons (Fsp3) is 0.400. The van der Waals surface area contributed by atoms with Gasteiger partial charge >= 0.3 is 5.97 Å². The van der Waals surface area contributed by atoms with E-state index in [9.17, 15) is 18.8 Å². The highest BCUT2D eigenvalue weighted by Crippen LogP contribution is 2.19. The Bertz CT molecular complexity index is 594. The van der Waals surface area contributed by atoms with Gasteiger partial charge in [-0.1, -0.05) is 0 Å². The number of nitrogens with one attached hydrogen (secondary N) is 1. The number of nitrogens with zero attached hydrogens (tertiary/aromatic N) is 1. The smallest absolute Gasteiger partial charge is 0.326 e. The first-order valence-electron chi connectivity index (χ1n) is 7.13. The van der Waals surface area contributed by atoms with Crippen molar-refractivity contribution < 1.29 is 23.9 Å². The average Bonchev–Trinajstić information content (AvgIpc) is 2.99. The molecule has 1 fully saturated rings. The number of rotatable bonds is 6. The average molecular weight is 340 g/mol. The molecule has 1 aliphatic heterocycles. The van der Waals surface area contributed by atoms with Gasteiger partial charge in [0.1, 0.15) is 11.9 Å². The van der Waals surface area contributed by atoms with Gasteiger partial charge in [-0.2, -0.15) is 0 Å². The Labute approximate surface area is 137 Å². The second-order valence-corrected chi connectivity index (χ2v) is 6.12. The summed E-state index contributed by atoms with van der Waals surface area (Å²) in [6.45, 7) is 0.443. The third-order valence-electron chi connectivity index (χ3n) is 3.44. The van der Waals surface area contributed by atoms with E-state index in [4.69, 9.17) is 5.11 Å². The summed E-state index contributed by atoms with van der Waals surface area (Å²) in [5, 5.41) is 11.6. The van der Waals surface area contributed by atoms with Gasteiger partial charge in [0.25, 0.3) is 0 Å². The number of carboxylic acid groups (broad SMARTS) is 1. The number of halogens is 1. The van der Waals surface area contributed by atoms with Crippen molar-refractivity contribution in [3.8, 4) is 0 Å². The SMILES string of the molecule is O=C(CSCC(=O)N1CCCC1C(=O)O)Nc1ccc(F)cc1. The number of amides is 2. The highest BCUT2D eigenvalue weighted by Gasteiger charge is 2.33. The monoisotopic (exact) mass is 340 g/mol. The minimum Gasteiger partial charge on any atom is -0.480 e. The van der Waals surface area contributed by atoms with Crippen molar-refractivity contribution in [1.82, 2.24) is 4.90 Å². The van der Waals surface area contributed by atoms with Crippen molar-refractivity contribution in [1.29, 1.82) is 0 Å². The zero-order valence-electron chi connectivity index (χ0n) is 12.3. The summed E-state index contributed by atoms with van der Waals surface area (Å²) in [6, 6.07) is 4.63. The van der Waals surface area contributed by atoms with E-state index in [-0.39, 0.29) is 29.1 Å². The van der Waals surface area contributed by atoms with Crippen molar-refractivity contribution in [2.45, 2.75) is 18.9 Å². The number of aliphatic carboxylic acids is 1. The first-order chi connectivity index (χ1) is 11.0. The second kappa shape index (κ2) is 7.96. The lowest BCUT2D eigenvalue weighted by Gasteiger charge is -2.21. The molecule has 0 radical (unpaired) electrons. The van der Waals surface area contributed by atoms with Crippen LogP contribution < -0.4 is 5.32 Å². The summed E-state index contributed by atoms with van der Waals surface area (Å²) in [5.74, 6) is -1.83. The van der Waals surface area contributed by atoms with Crippen LogP contribution in [0.15, 0.2) is 24.3 Å². The van der Waals surface area contributed by atoms with Gasteiger partial charge in [-0.25, -0.2) is 9.18 Å². The Morgan fingerprint density at radius 2 is 1.96 bits per heavy atom. The van der Waals surface area contributed by atoms with Crippen LogP contribution >= 0.6 is 11.8 Å². The molecule has 0 saturated carbocycles. The van der Waals surface area contributed by atoms with Gasteiger partial charge in [0.05, 0.1) is 11.5 Å². The maximum Gasteiger partial charge on any atom is 0.326 e. The Morgan fingerprint density at radius 1 is 1.26 bits per heavy atom. The van der Waals surface area contributed by atoms with Crippen LogP contribution in [0.5, 0.6) is 0 Å². The topological polar surface area (TPSA) is 86.7 Å². The van der Waals surface area contributed by atoms with Crippen LogP contribution in [0.2, 0.25) is 0 Å². The predicted octanol–water partition coefficient (Wildman–Crippen LogP) is 1.57. The molecule has 124 valence electrons. The van der Waals surface area contributed by atoms with Crippen LogP contribution in [0, 0.1) is 5.82 Å². The summed E-state index contributed by atoms with van der Waals surface area (Å²) in [7, 11) is 0. The molecule has 1 aromatic rings. The number of hydrogen-bond acceptors (Lipinski definition) is 4. The fourth-order valence-electron chi connectivity index (χ4n) is 2.37. The molecule has 1 atom stereocenters. The van der Waals surface area contributed by atoms with Crippen LogP contribution in [0.25, 0.3) is 0 Å². The molecule has 0 spiro atoms. The van der Waals surface area contributed by atoms with Crippen molar-refractivity contribution in [2.75, 3.05) is 23.4 Å². The van der Waals surface area contributed by atoms with Gasteiger partial charge < -0.3 is 15.3 Å². The number of likely N-dealkylation sites (tertiary alicyclic amines) is 1. The Morgan fingerprint density at radius 3 is 2.61 bits per heavy atom. The maximum absolute atomic E-state index is 12.8. The van der Waals surface area contributed by atoms with E-state index in [1.807, 2.05) is 0 Å². The quantitative estimate of drug-likeness (QED) is 0.821. The molecule has 1 heterocycles. The van der Waals surface area contributed by atoms with Crippen LogP contribution in [0.4, 0.5) is 10.1 Å². The molecular formula is C15H17FN2O4S. The van der Waals surface area contributed by atoms with E-state index in [1.165, 1.54) is 29.2 Å². The number of benzene rings is 1. The molecule has 23 heavy (non-hydrogen) atoms. The minimum absolute atomic E-state index is 0.0562. The Kier molecular flexibility index (Phi) is 5.97. The molecule has 0 aromatic heterocycles. The normalized spacial score (nSPS) is 17.1. The van der Waals surface area contributed by atoms with E-state index in [0.29, 0.717) is 25.1 Å². The minimum atomic E-state index is -0.991. The molecule has 1 aromatic carbocycles. The molecule has 1 unspecified atom stereocenters. The van der Waals surface area contributed by atoms with E-state index < -0.39 is 12.0 Å². The summed E-state index contributed by atoms with van der Waals surface area (Å²) in [4.78, 5) is 36.1. The highest BCUT2D eigenvalue weighted by atomic mass is 32.2. The largest absolute Gasteiger partial charge is 0.480 e. The second-order valence-electron chi connectivity index (χ2n) is 5.13. The van der Waals surface area contributed by atoms with Crippen molar-refractivity contribution >= 4 is 35.2 Å². The van der Waals surface area contributed by atoms with E-state index in [2.05, 4.69) is 5.32 Å². The zero-order valence-corrected chi connectivity index (χ0v) is 13.1. The van der Waals surface area contributed by atoms with Crippen molar-refractivity contribution in [3.63, 3.8) is 0 Å². The molecule has 2 rings (SSSR count). The lowest BCUT2D eigenvalue weighted by molar-refractivity contribution is -0.147. The predicted molar refractivity (Wildman–Crippen MR) is 84.7 cm³/mol. The van der Waals surface area contributed by atoms with Crippen molar-refractivity contribution in [3.05, 3.63) is 30.1 Å². The molecule has 0 bridgehead atoms. The van der Waals surface area contributed by atoms with Crippen LogP contribution in [0.1, 0.15) is 12.8 Å². The van der Waals surface area contributed by atoms with Crippen molar-refractivity contribution in [2.24, 2.45) is 0 Å². The molecule has 0 aliphatic carbocycles. The fourth-order valence-corrected chi connectivity index (χ4v) is 3.07. The summed E-state index contributed by atoms with van der Waals surface area (Å²) >= 11 is 1.12. The number of anilines is 1. The van der Waals surface area contributed by atoms with E-state index in [1.54, 1.807) is 0 Å². The third-order valence-corrected chi connectivity index (χ3v) is 4.36. The molecule has 8 heteroatoms. The van der Waals surface area contributed by atoms with Gasteiger partial charge in [0.15, 0.2) is 0 Å². The lowest BCUT2D eigenvalue weighted by Crippen LogP contribution is -2.41. The number of thioether (sulfide) groups is 1. The highest BCUT2D eigenvalue weighted by molar-refractivity contribution is 8.00. The van der Waals surface area contributed by atoms with E-state index in [0.717, 1.165) is 11.8 Å². The zero-order chi connectivity index (χ0) is 16.8. The van der Waals surface area contributed by atoms with Gasteiger partial charge in [0.2, 0.25) is 11.8 Å². The maximum atomic E-state index is 12.8. The van der Waals surface area contributed by atoms with Gasteiger partial charge in [-0.15, -0.1) is 11.8 Å². The summed E-state index contributed by atoms with van der Waals surface area (Å²) in [5.41, 5.74) is 0.480. The van der Waals surface area contributed by atoms with E-state index >= 15 is 0 Å². The first kappa shape index (κ1) is 17.3. The number of carbonyl (C=O) groups is 3. The summed E-state index contributed by atoms with van der Waals surface area (Å²) < 4.78 is 12.8. The molecule has 6 nitrogen and oxygen atoms in total. The molecule has 2 amide bonds. The Hall–Kier alpha value is -2.09. The van der Waals surface area contributed by atoms with Gasteiger partial charge in [-0.05, 0) is 37.1 Å². The molecular weight excluding hydrogens is 323 g/mol. The number of carbonyl (C=O) groups excluding carboxylic acids is 2. The number of carboxylic acids is 1. The van der Waals surface area contributed by atoms with Crippen LogP contribution in [0.3, 0.4) is 0 Å². The summed E-state index contributed by atoms with van der Waals surface area (Å²) in [6.07, 6.45) is 1.15. The lowest BCUT2D eigenvalue weighted by atomic mass is 10.2. The molecule has 1 aliphatic rings. The number of hydrogen-bond donors (Lipinski definition) is 2. The van der Waals surface area contributed by atoms with Crippen LogP contribution in [-0.2, 0) is 14.4 Å². The Balaban J connectivity index is 1.73. The first-order valence-corrected chi connectivity index (χ1v) is 8.28.